The minimum Gasteiger partial charge on any atom is -0.325 e. The molecule has 1 saturated heterocycles. The average molecular weight is 314 g/mol. The van der Waals surface area contributed by atoms with Gasteiger partial charge in [0.2, 0.25) is 0 Å². The van der Waals surface area contributed by atoms with Crippen molar-refractivity contribution in [1.29, 1.82) is 0 Å². The minimum atomic E-state index is 0.0428. The van der Waals surface area contributed by atoms with Crippen molar-refractivity contribution in [2.24, 2.45) is 5.73 Å². The summed E-state index contributed by atoms with van der Waals surface area (Å²) in [4.78, 5) is 7.45. The summed E-state index contributed by atoms with van der Waals surface area (Å²) in [6.07, 6.45) is 6.04. The molecule has 2 heterocycles. The Morgan fingerprint density at radius 3 is 2.74 bits per heavy atom. The fourth-order valence-corrected chi connectivity index (χ4v) is 3.58. The van der Waals surface area contributed by atoms with Crippen LogP contribution in [0.4, 0.5) is 0 Å². The summed E-state index contributed by atoms with van der Waals surface area (Å²) in [7, 11) is 0. The van der Waals surface area contributed by atoms with E-state index in [1.165, 1.54) is 43.4 Å². The van der Waals surface area contributed by atoms with E-state index in [0.29, 0.717) is 0 Å². The first-order valence-electron chi connectivity index (χ1n) is 9.13. The number of hydrogen-bond donors (Lipinski definition) is 1. The fourth-order valence-electron chi connectivity index (χ4n) is 3.58. The molecule has 0 bridgehead atoms. The lowest BCUT2D eigenvalue weighted by molar-refractivity contribution is 0.320. The maximum absolute atomic E-state index is 6.47. The van der Waals surface area contributed by atoms with Gasteiger partial charge in [-0.05, 0) is 57.0 Å². The van der Waals surface area contributed by atoms with Gasteiger partial charge in [-0.25, -0.2) is 4.98 Å². The highest BCUT2D eigenvalue weighted by Crippen LogP contribution is 2.24. The lowest BCUT2D eigenvalue weighted by Gasteiger charge is -2.18. The van der Waals surface area contributed by atoms with Crippen molar-refractivity contribution in [3.05, 3.63) is 29.6 Å². The lowest BCUT2D eigenvalue weighted by atomic mass is 10.1. The Morgan fingerprint density at radius 2 is 2.00 bits per heavy atom. The second-order valence-electron chi connectivity index (χ2n) is 6.91. The van der Waals surface area contributed by atoms with E-state index in [4.69, 9.17) is 10.7 Å². The SMILES string of the molecule is CCCCC(N)c1nc2cc(C)ccc2n1CCN1CCCC1. The molecule has 2 N–H and O–H groups in total. The maximum atomic E-state index is 6.47. The molecule has 0 radical (unpaired) electrons. The number of nitrogens with zero attached hydrogens (tertiary/aromatic N) is 3. The second kappa shape index (κ2) is 7.45. The van der Waals surface area contributed by atoms with E-state index in [9.17, 15) is 0 Å². The van der Waals surface area contributed by atoms with Gasteiger partial charge >= 0.3 is 0 Å². The Balaban J connectivity index is 1.87. The van der Waals surface area contributed by atoms with Crippen molar-refractivity contribution >= 4 is 11.0 Å². The highest BCUT2D eigenvalue weighted by molar-refractivity contribution is 5.77. The van der Waals surface area contributed by atoms with Crippen LogP contribution in [0.15, 0.2) is 18.2 Å². The van der Waals surface area contributed by atoms with Gasteiger partial charge in [-0.2, -0.15) is 0 Å². The Kier molecular flexibility index (Phi) is 5.34. The molecule has 0 spiro atoms. The molecule has 1 aliphatic heterocycles. The van der Waals surface area contributed by atoms with E-state index in [0.717, 1.165) is 37.3 Å². The summed E-state index contributed by atoms with van der Waals surface area (Å²) in [5, 5.41) is 0. The number of rotatable bonds is 7. The third-order valence-electron chi connectivity index (χ3n) is 4.97. The van der Waals surface area contributed by atoms with E-state index in [-0.39, 0.29) is 6.04 Å². The molecule has 126 valence electrons. The van der Waals surface area contributed by atoms with Crippen LogP contribution >= 0.6 is 0 Å². The number of aryl methyl sites for hydroxylation is 1. The van der Waals surface area contributed by atoms with Gasteiger partial charge in [-0.1, -0.05) is 25.8 Å². The van der Waals surface area contributed by atoms with E-state index >= 15 is 0 Å². The zero-order valence-electron chi connectivity index (χ0n) is 14.6. The molecule has 3 rings (SSSR count). The molecule has 4 nitrogen and oxygen atoms in total. The number of hydrogen-bond acceptors (Lipinski definition) is 3. The molecule has 1 aliphatic rings. The molecule has 1 fully saturated rings. The number of nitrogens with two attached hydrogens (primary N) is 1. The van der Waals surface area contributed by atoms with Crippen LogP contribution in [0.1, 0.15) is 56.5 Å². The molecule has 0 saturated carbocycles. The topological polar surface area (TPSA) is 47.1 Å². The van der Waals surface area contributed by atoms with Crippen molar-refractivity contribution in [1.82, 2.24) is 14.5 Å². The molecular formula is C19H30N4. The van der Waals surface area contributed by atoms with Gasteiger partial charge in [-0.3, -0.25) is 0 Å². The summed E-state index contributed by atoms with van der Waals surface area (Å²) >= 11 is 0. The molecule has 1 atom stereocenters. The van der Waals surface area contributed by atoms with Crippen LogP contribution in [-0.2, 0) is 6.54 Å². The van der Waals surface area contributed by atoms with Crippen LogP contribution in [0.2, 0.25) is 0 Å². The van der Waals surface area contributed by atoms with Gasteiger partial charge in [0.15, 0.2) is 0 Å². The molecular weight excluding hydrogens is 284 g/mol. The van der Waals surface area contributed by atoms with E-state index < -0.39 is 0 Å². The number of unbranched alkanes of at least 4 members (excludes halogenated alkanes) is 1. The van der Waals surface area contributed by atoms with E-state index in [2.05, 4.69) is 41.5 Å². The van der Waals surface area contributed by atoms with E-state index in [1.807, 2.05) is 0 Å². The Morgan fingerprint density at radius 1 is 1.22 bits per heavy atom. The Bertz CT molecular complexity index is 640. The summed E-state index contributed by atoms with van der Waals surface area (Å²) < 4.78 is 2.37. The summed E-state index contributed by atoms with van der Waals surface area (Å²) in [5.74, 6) is 1.07. The zero-order chi connectivity index (χ0) is 16.2. The highest BCUT2D eigenvalue weighted by atomic mass is 15.2. The van der Waals surface area contributed by atoms with Gasteiger partial charge in [0.05, 0.1) is 17.1 Å². The van der Waals surface area contributed by atoms with Crippen LogP contribution in [0, 0.1) is 6.92 Å². The molecule has 1 unspecified atom stereocenters. The fraction of sp³-hybridized carbons (Fsp3) is 0.632. The Labute approximate surface area is 139 Å². The number of benzene rings is 1. The molecule has 0 amide bonds. The van der Waals surface area contributed by atoms with Crippen LogP contribution in [-0.4, -0.2) is 34.1 Å². The highest BCUT2D eigenvalue weighted by Gasteiger charge is 2.18. The van der Waals surface area contributed by atoms with Crippen LogP contribution in [0.3, 0.4) is 0 Å². The van der Waals surface area contributed by atoms with Crippen molar-refractivity contribution in [2.75, 3.05) is 19.6 Å². The first kappa shape index (κ1) is 16.5. The zero-order valence-corrected chi connectivity index (χ0v) is 14.6. The predicted octanol–water partition coefficient (Wildman–Crippen LogP) is 3.63. The largest absolute Gasteiger partial charge is 0.325 e. The van der Waals surface area contributed by atoms with Crippen molar-refractivity contribution in [3.63, 3.8) is 0 Å². The molecule has 23 heavy (non-hydrogen) atoms. The van der Waals surface area contributed by atoms with Gasteiger partial charge in [0.1, 0.15) is 5.82 Å². The number of fused-ring (bicyclic) bond motifs is 1. The van der Waals surface area contributed by atoms with Crippen LogP contribution in [0.25, 0.3) is 11.0 Å². The molecule has 2 aromatic rings. The third kappa shape index (κ3) is 3.75. The van der Waals surface area contributed by atoms with Gasteiger partial charge in [0, 0.05) is 13.1 Å². The average Bonchev–Trinajstić information content (AvgIpc) is 3.17. The third-order valence-corrected chi connectivity index (χ3v) is 4.97. The van der Waals surface area contributed by atoms with Crippen LogP contribution < -0.4 is 5.73 Å². The number of aromatic nitrogens is 2. The summed E-state index contributed by atoms with van der Waals surface area (Å²) in [6.45, 7) is 8.92. The number of likely N-dealkylation sites (tertiary alicyclic amines) is 1. The first-order valence-corrected chi connectivity index (χ1v) is 9.13. The smallest absolute Gasteiger partial charge is 0.126 e. The van der Waals surface area contributed by atoms with Crippen LogP contribution in [0.5, 0.6) is 0 Å². The monoisotopic (exact) mass is 314 g/mol. The van der Waals surface area contributed by atoms with Crippen molar-refractivity contribution < 1.29 is 0 Å². The molecule has 4 heteroatoms. The molecule has 0 aliphatic carbocycles. The van der Waals surface area contributed by atoms with Gasteiger partial charge in [0.25, 0.3) is 0 Å². The maximum Gasteiger partial charge on any atom is 0.126 e. The second-order valence-corrected chi connectivity index (χ2v) is 6.91. The van der Waals surface area contributed by atoms with E-state index in [1.54, 1.807) is 0 Å². The standard InChI is InChI=1S/C19H30N4/c1-3-4-7-16(20)19-21-17-14-15(2)8-9-18(17)23(19)13-12-22-10-5-6-11-22/h8-9,14,16H,3-7,10-13,20H2,1-2H3. The summed E-state index contributed by atoms with van der Waals surface area (Å²) in [5.41, 5.74) is 10.1. The van der Waals surface area contributed by atoms with Gasteiger partial charge in [-0.15, -0.1) is 0 Å². The quantitative estimate of drug-likeness (QED) is 0.849. The summed E-state index contributed by atoms with van der Waals surface area (Å²) in [6, 6.07) is 6.61. The lowest BCUT2D eigenvalue weighted by Crippen LogP contribution is -2.26. The predicted molar refractivity (Wildman–Crippen MR) is 96.6 cm³/mol. The molecule has 1 aromatic heterocycles. The Hall–Kier alpha value is -1.39. The van der Waals surface area contributed by atoms with Crippen molar-refractivity contribution in [3.8, 4) is 0 Å². The number of imidazole rings is 1. The minimum absolute atomic E-state index is 0.0428. The van der Waals surface area contributed by atoms with Crippen molar-refractivity contribution in [2.45, 2.75) is 58.5 Å². The first-order chi connectivity index (χ1) is 11.2. The molecule has 1 aromatic carbocycles. The van der Waals surface area contributed by atoms with Gasteiger partial charge < -0.3 is 15.2 Å². The normalized spacial score (nSPS) is 17.2.